The first kappa shape index (κ1) is 14.1. The van der Waals surface area contributed by atoms with Gasteiger partial charge in [0.05, 0.1) is 0 Å². The van der Waals surface area contributed by atoms with Crippen molar-refractivity contribution in [1.82, 2.24) is 0 Å². The number of rotatable bonds is 4. The third-order valence-corrected chi connectivity index (χ3v) is 3.94. The van der Waals surface area contributed by atoms with Crippen molar-refractivity contribution in [1.29, 1.82) is 0 Å². The fourth-order valence-electron chi connectivity index (χ4n) is 2.14. The molecule has 0 fully saturated rings. The predicted octanol–water partition coefficient (Wildman–Crippen LogP) is 2.39. The molecule has 3 N–H and O–H groups in total. The maximum absolute atomic E-state index is 10.7. The van der Waals surface area contributed by atoms with Crippen LogP contribution in [-0.4, -0.2) is 24.3 Å². The topological polar surface area (TPSA) is 81.8 Å². The Hall–Kier alpha value is -1.27. The lowest BCUT2D eigenvalue weighted by molar-refractivity contribution is -0.137. The number of carbonyl (C=O) groups is 1. The molecule has 0 saturated heterocycles. The second-order valence-electron chi connectivity index (χ2n) is 4.46. The molecule has 0 bridgehead atoms. The fraction of sp³-hybridized carbons (Fsp3) is 0.462. The molecule has 0 aromatic heterocycles. The van der Waals surface area contributed by atoms with Crippen LogP contribution in [-0.2, 0) is 4.79 Å². The summed E-state index contributed by atoms with van der Waals surface area (Å²) in [5, 5.41) is 8.75. The van der Waals surface area contributed by atoms with Gasteiger partial charge in [-0.15, -0.1) is 0 Å². The summed E-state index contributed by atoms with van der Waals surface area (Å²) in [6.07, 6.45) is 0.394. The van der Waals surface area contributed by atoms with Gasteiger partial charge >= 0.3 is 5.97 Å². The van der Waals surface area contributed by atoms with Crippen molar-refractivity contribution < 1.29 is 19.4 Å². The molecule has 1 aliphatic heterocycles. The molecule has 19 heavy (non-hydrogen) atoms. The quantitative estimate of drug-likeness (QED) is 0.886. The van der Waals surface area contributed by atoms with Gasteiger partial charge in [0.15, 0.2) is 11.5 Å². The Balaban J connectivity index is 2.37. The number of ether oxygens (including phenoxy) is 2. The Morgan fingerprint density at radius 3 is 2.89 bits per heavy atom. The normalized spacial score (nSPS) is 15.1. The number of benzene rings is 1. The number of carboxylic acids is 1. The average molecular weight is 330 g/mol. The van der Waals surface area contributed by atoms with Crippen LogP contribution in [0, 0.1) is 6.92 Å². The van der Waals surface area contributed by atoms with Crippen LogP contribution in [0.4, 0.5) is 0 Å². The summed E-state index contributed by atoms with van der Waals surface area (Å²) in [5.41, 5.74) is 7.90. The van der Waals surface area contributed by atoms with Crippen molar-refractivity contribution >= 4 is 21.9 Å². The zero-order chi connectivity index (χ0) is 14.0. The average Bonchev–Trinajstić information content (AvgIpc) is 2.37. The van der Waals surface area contributed by atoms with Crippen LogP contribution in [0.2, 0.25) is 0 Å². The number of hydrogen-bond acceptors (Lipinski definition) is 4. The van der Waals surface area contributed by atoms with Crippen molar-refractivity contribution in [2.24, 2.45) is 5.73 Å². The summed E-state index contributed by atoms with van der Waals surface area (Å²) < 4.78 is 12.1. The highest BCUT2D eigenvalue weighted by Crippen LogP contribution is 2.43. The SMILES string of the molecule is Cc1c(Br)cc2c(c1C(N)CCC(=O)O)OCCO2. The van der Waals surface area contributed by atoms with E-state index in [-0.39, 0.29) is 12.5 Å². The number of carboxylic acid groups (broad SMARTS) is 1. The number of halogens is 1. The minimum atomic E-state index is -0.853. The standard InChI is InChI=1S/C13H16BrNO4/c1-7-8(14)6-10-13(19-5-4-18-10)12(7)9(15)2-3-11(16)17/h6,9H,2-5,15H2,1H3,(H,16,17). The summed E-state index contributed by atoms with van der Waals surface area (Å²) in [5.74, 6) is 0.448. The van der Waals surface area contributed by atoms with Gasteiger partial charge in [0.2, 0.25) is 0 Å². The van der Waals surface area contributed by atoms with E-state index in [1.165, 1.54) is 0 Å². The summed E-state index contributed by atoms with van der Waals surface area (Å²) in [4.78, 5) is 10.7. The first-order valence-corrected chi connectivity index (χ1v) is 6.86. The van der Waals surface area contributed by atoms with Crippen LogP contribution in [0.15, 0.2) is 10.5 Å². The lowest BCUT2D eigenvalue weighted by atomic mass is 9.96. The van der Waals surface area contributed by atoms with Crippen molar-refractivity contribution in [3.8, 4) is 11.5 Å². The van der Waals surface area contributed by atoms with E-state index in [2.05, 4.69) is 15.9 Å². The van der Waals surface area contributed by atoms with Gasteiger partial charge in [-0.3, -0.25) is 4.79 Å². The second kappa shape index (κ2) is 5.79. The molecule has 1 aromatic carbocycles. The molecule has 1 aliphatic rings. The molecule has 1 aromatic rings. The maximum atomic E-state index is 10.7. The van der Waals surface area contributed by atoms with E-state index in [0.29, 0.717) is 31.1 Å². The number of aliphatic carboxylic acids is 1. The van der Waals surface area contributed by atoms with Crippen LogP contribution in [0.25, 0.3) is 0 Å². The molecular formula is C13H16BrNO4. The van der Waals surface area contributed by atoms with Gasteiger partial charge < -0.3 is 20.3 Å². The van der Waals surface area contributed by atoms with Gasteiger partial charge in [0.1, 0.15) is 13.2 Å². The number of fused-ring (bicyclic) bond motifs is 1. The smallest absolute Gasteiger partial charge is 0.303 e. The Labute approximate surface area is 119 Å². The molecular weight excluding hydrogens is 314 g/mol. The number of hydrogen-bond donors (Lipinski definition) is 2. The van der Waals surface area contributed by atoms with Gasteiger partial charge in [-0.2, -0.15) is 0 Å². The molecule has 1 unspecified atom stereocenters. The van der Waals surface area contributed by atoms with E-state index < -0.39 is 5.97 Å². The largest absolute Gasteiger partial charge is 0.486 e. The second-order valence-corrected chi connectivity index (χ2v) is 5.31. The number of nitrogens with two attached hydrogens (primary N) is 1. The first-order valence-electron chi connectivity index (χ1n) is 6.06. The molecule has 2 rings (SSSR count). The summed E-state index contributed by atoms with van der Waals surface area (Å²) in [6, 6.07) is 1.47. The Bertz CT molecular complexity index is 504. The van der Waals surface area contributed by atoms with E-state index >= 15 is 0 Å². The third-order valence-electron chi connectivity index (χ3n) is 3.12. The van der Waals surface area contributed by atoms with Gasteiger partial charge in [-0.1, -0.05) is 15.9 Å². The monoisotopic (exact) mass is 329 g/mol. The van der Waals surface area contributed by atoms with Gasteiger partial charge in [-0.05, 0) is 25.0 Å². The lowest BCUT2D eigenvalue weighted by Gasteiger charge is -2.26. The van der Waals surface area contributed by atoms with Crippen LogP contribution < -0.4 is 15.2 Å². The van der Waals surface area contributed by atoms with Gasteiger partial charge in [0.25, 0.3) is 0 Å². The van der Waals surface area contributed by atoms with Crippen molar-refractivity contribution in [3.05, 3.63) is 21.7 Å². The van der Waals surface area contributed by atoms with E-state index in [0.717, 1.165) is 15.6 Å². The van der Waals surface area contributed by atoms with Crippen LogP contribution in [0.5, 0.6) is 11.5 Å². The van der Waals surface area contributed by atoms with E-state index in [1.807, 2.05) is 13.0 Å². The molecule has 0 aliphatic carbocycles. The molecule has 0 radical (unpaired) electrons. The fourth-order valence-corrected chi connectivity index (χ4v) is 2.56. The van der Waals surface area contributed by atoms with E-state index in [1.54, 1.807) is 0 Å². The van der Waals surface area contributed by atoms with E-state index in [4.69, 9.17) is 20.3 Å². The van der Waals surface area contributed by atoms with Crippen molar-refractivity contribution in [3.63, 3.8) is 0 Å². The summed E-state index contributed by atoms with van der Waals surface area (Å²) in [7, 11) is 0. The Morgan fingerprint density at radius 2 is 2.21 bits per heavy atom. The molecule has 1 atom stereocenters. The summed E-state index contributed by atoms with van der Waals surface area (Å²) in [6.45, 7) is 2.91. The molecule has 104 valence electrons. The minimum Gasteiger partial charge on any atom is -0.486 e. The highest BCUT2D eigenvalue weighted by atomic mass is 79.9. The highest BCUT2D eigenvalue weighted by molar-refractivity contribution is 9.10. The maximum Gasteiger partial charge on any atom is 0.303 e. The molecule has 0 amide bonds. The van der Waals surface area contributed by atoms with Gasteiger partial charge in [-0.25, -0.2) is 0 Å². The van der Waals surface area contributed by atoms with Gasteiger partial charge in [0, 0.05) is 22.5 Å². The molecule has 0 spiro atoms. The minimum absolute atomic E-state index is 0.0305. The molecule has 1 heterocycles. The van der Waals surface area contributed by atoms with Crippen LogP contribution in [0.1, 0.15) is 30.0 Å². The van der Waals surface area contributed by atoms with Crippen LogP contribution in [0.3, 0.4) is 0 Å². The molecule has 5 nitrogen and oxygen atoms in total. The zero-order valence-corrected chi connectivity index (χ0v) is 12.2. The van der Waals surface area contributed by atoms with Crippen molar-refractivity contribution in [2.45, 2.75) is 25.8 Å². The Kier molecular flexibility index (Phi) is 4.31. The highest BCUT2D eigenvalue weighted by Gasteiger charge is 2.24. The molecule has 6 heteroatoms. The first-order chi connectivity index (χ1) is 9.00. The molecule has 0 saturated carbocycles. The predicted molar refractivity (Wildman–Crippen MR) is 73.7 cm³/mol. The van der Waals surface area contributed by atoms with Crippen molar-refractivity contribution in [2.75, 3.05) is 13.2 Å². The third kappa shape index (κ3) is 3.01. The van der Waals surface area contributed by atoms with E-state index in [9.17, 15) is 4.79 Å². The van der Waals surface area contributed by atoms with Crippen LogP contribution >= 0.6 is 15.9 Å². The summed E-state index contributed by atoms with van der Waals surface area (Å²) >= 11 is 3.47. The lowest BCUT2D eigenvalue weighted by Crippen LogP contribution is -2.21. The zero-order valence-electron chi connectivity index (χ0n) is 10.6. The Morgan fingerprint density at radius 1 is 1.53 bits per heavy atom.